The summed E-state index contributed by atoms with van der Waals surface area (Å²) in [5.74, 6) is -0.152. The van der Waals surface area contributed by atoms with Gasteiger partial charge < -0.3 is 10.1 Å². The molecular weight excluding hydrogens is 396 g/mol. The molecule has 152 valence electrons. The summed E-state index contributed by atoms with van der Waals surface area (Å²) < 4.78 is 31.0. The van der Waals surface area contributed by atoms with E-state index in [2.05, 4.69) is 5.32 Å². The standard InChI is InChI=1S/C20H26N2O4S2/c1-26-15-16-8-6-9-17(14-16)21-20(23)12-7-13-22(28(3,24)25)18-10-4-5-11-19(18)27-2/h4-6,8-11,14H,7,12-13,15H2,1-3H3,(H,21,23). The fourth-order valence-electron chi connectivity index (χ4n) is 2.81. The van der Waals surface area contributed by atoms with Crippen LogP contribution < -0.4 is 9.62 Å². The molecule has 0 unspecified atom stereocenters. The average Bonchev–Trinajstić information content (AvgIpc) is 2.65. The van der Waals surface area contributed by atoms with E-state index in [0.29, 0.717) is 24.4 Å². The minimum atomic E-state index is -3.44. The molecule has 6 nitrogen and oxygen atoms in total. The lowest BCUT2D eigenvalue weighted by molar-refractivity contribution is -0.116. The molecule has 0 aliphatic carbocycles. The summed E-state index contributed by atoms with van der Waals surface area (Å²) in [4.78, 5) is 13.1. The number of carbonyl (C=O) groups excluding carboxylic acids is 1. The number of nitrogens with zero attached hydrogens (tertiary/aromatic N) is 1. The van der Waals surface area contributed by atoms with E-state index in [4.69, 9.17) is 4.74 Å². The Morgan fingerprint density at radius 3 is 2.61 bits per heavy atom. The van der Waals surface area contributed by atoms with Crippen LogP contribution in [0.4, 0.5) is 11.4 Å². The zero-order valence-corrected chi connectivity index (χ0v) is 18.0. The Balaban J connectivity index is 1.99. The number of hydrogen-bond donors (Lipinski definition) is 1. The van der Waals surface area contributed by atoms with E-state index >= 15 is 0 Å². The largest absolute Gasteiger partial charge is 0.380 e. The molecule has 0 bridgehead atoms. The molecule has 1 amide bonds. The van der Waals surface area contributed by atoms with Crippen LogP contribution in [0.5, 0.6) is 0 Å². The van der Waals surface area contributed by atoms with Crippen molar-refractivity contribution in [2.45, 2.75) is 24.3 Å². The lowest BCUT2D eigenvalue weighted by Gasteiger charge is -2.24. The van der Waals surface area contributed by atoms with Gasteiger partial charge in [0.05, 0.1) is 18.6 Å². The van der Waals surface area contributed by atoms with Gasteiger partial charge in [0.2, 0.25) is 15.9 Å². The van der Waals surface area contributed by atoms with E-state index in [-0.39, 0.29) is 18.9 Å². The number of nitrogens with one attached hydrogen (secondary N) is 1. The van der Waals surface area contributed by atoms with Crippen LogP contribution in [0, 0.1) is 0 Å². The number of benzene rings is 2. The number of amides is 1. The molecule has 1 N–H and O–H groups in total. The van der Waals surface area contributed by atoms with Crippen LogP contribution in [0.2, 0.25) is 0 Å². The zero-order chi connectivity index (χ0) is 20.6. The molecule has 0 aliphatic rings. The number of carbonyl (C=O) groups is 1. The maximum atomic E-state index is 12.3. The summed E-state index contributed by atoms with van der Waals surface area (Å²) in [6.07, 6.45) is 3.73. The van der Waals surface area contributed by atoms with E-state index in [1.54, 1.807) is 13.2 Å². The number of thioether (sulfide) groups is 1. The maximum absolute atomic E-state index is 12.3. The van der Waals surface area contributed by atoms with Gasteiger partial charge in [-0.2, -0.15) is 0 Å². The number of methoxy groups -OCH3 is 1. The van der Waals surface area contributed by atoms with E-state index < -0.39 is 10.0 Å². The van der Waals surface area contributed by atoms with E-state index in [1.807, 2.05) is 48.7 Å². The van der Waals surface area contributed by atoms with Gasteiger partial charge in [0.25, 0.3) is 0 Å². The molecule has 0 spiro atoms. The maximum Gasteiger partial charge on any atom is 0.232 e. The van der Waals surface area contributed by atoms with E-state index in [1.165, 1.54) is 22.3 Å². The molecular formula is C20H26N2O4S2. The Bertz CT molecular complexity index is 901. The van der Waals surface area contributed by atoms with Gasteiger partial charge in [-0.25, -0.2) is 8.42 Å². The van der Waals surface area contributed by atoms with Crippen molar-refractivity contribution in [3.8, 4) is 0 Å². The number of hydrogen-bond acceptors (Lipinski definition) is 5. The third kappa shape index (κ3) is 6.54. The van der Waals surface area contributed by atoms with Crippen molar-refractivity contribution in [3.63, 3.8) is 0 Å². The molecule has 8 heteroatoms. The topological polar surface area (TPSA) is 75.7 Å². The Morgan fingerprint density at radius 2 is 1.93 bits per heavy atom. The number of ether oxygens (including phenoxy) is 1. The van der Waals surface area contributed by atoms with Crippen molar-refractivity contribution in [3.05, 3.63) is 54.1 Å². The first kappa shape index (κ1) is 22.3. The molecule has 0 saturated heterocycles. The first-order valence-corrected chi connectivity index (χ1v) is 11.9. The van der Waals surface area contributed by atoms with Crippen LogP contribution >= 0.6 is 11.8 Å². The molecule has 2 aromatic rings. The second-order valence-corrected chi connectivity index (χ2v) is 9.05. The summed E-state index contributed by atoms with van der Waals surface area (Å²) in [7, 11) is -1.83. The molecule has 28 heavy (non-hydrogen) atoms. The highest BCUT2D eigenvalue weighted by Gasteiger charge is 2.20. The van der Waals surface area contributed by atoms with Gasteiger partial charge in [-0.1, -0.05) is 24.3 Å². The zero-order valence-electron chi connectivity index (χ0n) is 16.3. The van der Waals surface area contributed by atoms with Gasteiger partial charge in [-0.3, -0.25) is 9.10 Å². The first-order chi connectivity index (χ1) is 13.3. The van der Waals surface area contributed by atoms with Crippen molar-refractivity contribution in [2.75, 3.05) is 35.8 Å². The Morgan fingerprint density at radius 1 is 1.18 bits per heavy atom. The fraction of sp³-hybridized carbons (Fsp3) is 0.350. The van der Waals surface area contributed by atoms with Crippen LogP contribution in [0.15, 0.2) is 53.4 Å². The quantitative estimate of drug-likeness (QED) is 0.590. The van der Waals surface area contributed by atoms with Gasteiger partial charge >= 0.3 is 0 Å². The average molecular weight is 423 g/mol. The molecule has 0 atom stereocenters. The van der Waals surface area contributed by atoms with Crippen molar-refractivity contribution >= 4 is 39.1 Å². The molecule has 0 heterocycles. The van der Waals surface area contributed by atoms with Crippen molar-refractivity contribution in [2.24, 2.45) is 0 Å². The van der Waals surface area contributed by atoms with Crippen LogP contribution in [-0.4, -0.2) is 40.5 Å². The minimum absolute atomic E-state index is 0.152. The molecule has 0 aromatic heterocycles. The Kier molecular flexibility index (Phi) is 8.35. The molecule has 2 rings (SSSR count). The van der Waals surface area contributed by atoms with Crippen LogP contribution in [0.25, 0.3) is 0 Å². The minimum Gasteiger partial charge on any atom is -0.380 e. The number of anilines is 2. The second kappa shape index (κ2) is 10.5. The van der Waals surface area contributed by atoms with Gasteiger partial charge in [-0.05, 0) is 42.5 Å². The Hall–Kier alpha value is -2.03. The fourth-order valence-corrected chi connectivity index (χ4v) is 4.45. The first-order valence-electron chi connectivity index (χ1n) is 8.83. The summed E-state index contributed by atoms with van der Waals surface area (Å²) in [6.45, 7) is 0.718. The van der Waals surface area contributed by atoms with Crippen LogP contribution in [0.1, 0.15) is 18.4 Å². The summed E-state index contributed by atoms with van der Waals surface area (Å²) in [5, 5.41) is 2.85. The van der Waals surface area contributed by atoms with Gasteiger partial charge in [0.15, 0.2) is 0 Å². The monoisotopic (exact) mass is 422 g/mol. The van der Waals surface area contributed by atoms with E-state index in [9.17, 15) is 13.2 Å². The lowest BCUT2D eigenvalue weighted by atomic mass is 10.2. The highest BCUT2D eigenvalue weighted by molar-refractivity contribution is 7.99. The van der Waals surface area contributed by atoms with E-state index in [0.717, 1.165) is 10.5 Å². The van der Waals surface area contributed by atoms with Gasteiger partial charge in [0.1, 0.15) is 0 Å². The predicted molar refractivity (Wildman–Crippen MR) is 115 cm³/mol. The highest BCUT2D eigenvalue weighted by Crippen LogP contribution is 2.30. The smallest absolute Gasteiger partial charge is 0.232 e. The SMILES string of the molecule is COCc1cccc(NC(=O)CCCN(c2ccccc2SC)S(C)(=O)=O)c1. The van der Waals surface area contributed by atoms with Gasteiger partial charge in [-0.15, -0.1) is 11.8 Å². The van der Waals surface area contributed by atoms with Crippen LogP contribution in [-0.2, 0) is 26.2 Å². The molecule has 2 aromatic carbocycles. The highest BCUT2D eigenvalue weighted by atomic mass is 32.2. The third-order valence-corrected chi connectivity index (χ3v) is 6.01. The normalized spacial score (nSPS) is 11.2. The van der Waals surface area contributed by atoms with Gasteiger partial charge in [0, 0.05) is 30.7 Å². The lowest BCUT2D eigenvalue weighted by Crippen LogP contribution is -2.31. The summed E-state index contributed by atoms with van der Waals surface area (Å²) >= 11 is 1.49. The van der Waals surface area contributed by atoms with Crippen LogP contribution in [0.3, 0.4) is 0 Å². The van der Waals surface area contributed by atoms with Crippen molar-refractivity contribution in [1.82, 2.24) is 0 Å². The predicted octanol–water partition coefficient (Wildman–Crippen LogP) is 3.74. The Labute approximate surface area is 171 Å². The van der Waals surface area contributed by atoms with Crippen molar-refractivity contribution < 1.29 is 17.9 Å². The second-order valence-electron chi connectivity index (χ2n) is 6.29. The molecule has 0 fully saturated rings. The molecule has 0 aliphatic heterocycles. The summed E-state index contributed by atoms with van der Waals surface area (Å²) in [5.41, 5.74) is 2.31. The molecule has 0 radical (unpaired) electrons. The number of para-hydroxylation sites is 1. The summed E-state index contributed by atoms with van der Waals surface area (Å²) in [6, 6.07) is 14.8. The number of sulfonamides is 1. The third-order valence-electron chi connectivity index (χ3n) is 4.04. The van der Waals surface area contributed by atoms with Crippen molar-refractivity contribution in [1.29, 1.82) is 0 Å². The number of rotatable bonds is 10. The molecule has 0 saturated carbocycles.